The molecular formula is C17H17FN2O3S. The molecule has 0 spiro atoms. The molecule has 1 saturated heterocycles. The highest BCUT2D eigenvalue weighted by molar-refractivity contribution is 7.91. The normalized spacial score (nSPS) is 20.4. The first kappa shape index (κ1) is 16.6. The van der Waals surface area contributed by atoms with Crippen LogP contribution in [0.3, 0.4) is 0 Å². The average molecular weight is 348 g/mol. The highest BCUT2D eigenvalue weighted by Crippen LogP contribution is 2.31. The summed E-state index contributed by atoms with van der Waals surface area (Å²) in [7, 11) is -3.53. The second kappa shape index (κ2) is 6.68. The first-order valence-electron chi connectivity index (χ1n) is 7.64. The summed E-state index contributed by atoms with van der Waals surface area (Å²) in [4.78, 5) is 17.9. The number of aromatic nitrogens is 1. The van der Waals surface area contributed by atoms with Gasteiger partial charge in [0.05, 0.1) is 16.6 Å². The highest BCUT2D eigenvalue weighted by atomic mass is 32.2. The molecule has 0 radical (unpaired) electrons. The fraction of sp³-hybridized carbons (Fsp3) is 0.294. The Hall–Kier alpha value is -2.28. The van der Waals surface area contributed by atoms with E-state index in [4.69, 9.17) is 0 Å². The average Bonchev–Trinajstić information content (AvgIpc) is 2.74. The molecule has 5 nitrogen and oxygen atoms in total. The van der Waals surface area contributed by atoms with Crippen LogP contribution in [0, 0.1) is 5.82 Å². The summed E-state index contributed by atoms with van der Waals surface area (Å²) in [6, 6.07) is 9.20. The van der Waals surface area contributed by atoms with Crippen molar-refractivity contribution in [2.24, 2.45) is 0 Å². The van der Waals surface area contributed by atoms with Crippen molar-refractivity contribution in [1.82, 2.24) is 9.88 Å². The van der Waals surface area contributed by atoms with Crippen LogP contribution in [0.5, 0.6) is 0 Å². The molecule has 0 aliphatic carbocycles. The molecule has 2 aromatic rings. The monoisotopic (exact) mass is 348 g/mol. The van der Waals surface area contributed by atoms with Gasteiger partial charge in [0.1, 0.15) is 5.82 Å². The molecule has 1 aliphatic heterocycles. The lowest BCUT2D eigenvalue weighted by Gasteiger charge is -2.20. The zero-order chi connectivity index (χ0) is 17.2. The van der Waals surface area contributed by atoms with E-state index in [1.54, 1.807) is 24.4 Å². The zero-order valence-electron chi connectivity index (χ0n) is 12.9. The number of halogens is 1. The van der Waals surface area contributed by atoms with Crippen molar-refractivity contribution >= 4 is 15.7 Å². The molecule has 7 heteroatoms. The fourth-order valence-electron chi connectivity index (χ4n) is 2.90. The SMILES string of the molecule is O=C(c1cccnc1)N1CC[C@H](c2ccccc2F)S(=O)(=O)CC1. The van der Waals surface area contributed by atoms with Crippen LogP contribution in [0.4, 0.5) is 4.39 Å². The van der Waals surface area contributed by atoms with Crippen LogP contribution in [0.1, 0.15) is 27.6 Å². The molecule has 0 N–H and O–H groups in total. The summed E-state index contributed by atoms with van der Waals surface area (Å²) in [5, 5.41) is -0.926. The summed E-state index contributed by atoms with van der Waals surface area (Å²) in [5.41, 5.74) is 0.590. The van der Waals surface area contributed by atoms with Gasteiger partial charge in [-0.3, -0.25) is 9.78 Å². The Morgan fingerprint density at radius 3 is 2.67 bits per heavy atom. The van der Waals surface area contributed by atoms with Crippen LogP contribution in [0.15, 0.2) is 48.8 Å². The highest BCUT2D eigenvalue weighted by Gasteiger charge is 2.34. The molecule has 1 amide bonds. The first-order valence-corrected chi connectivity index (χ1v) is 9.36. The molecule has 126 valence electrons. The second-order valence-electron chi connectivity index (χ2n) is 5.70. The first-order chi connectivity index (χ1) is 11.5. The minimum absolute atomic E-state index is 0.0982. The van der Waals surface area contributed by atoms with Crippen LogP contribution in [0.25, 0.3) is 0 Å². The molecule has 1 aromatic carbocycles. The van der Waals surface area contributed by atoms with E-state index in [-0.39, 0.29) is 36.7 Å². The van der Waals surface area contributed by atoms with Gasteiger partial charge >= 0.3 is 0 Å². The number of nitrogens with zero attached hydrogens (tertiary/aromatic N) is 2. The van der Waals surface area contributed by atoms with E-state index in [1.807, 2.05) is 0 Å². The van der Waals surface area contributed by atoms with E-state index in [0.717, 1.165) is 0 Å². The van der Waals surface area contributed by atoms with Crippen molar-refractivity contribution < 1.29 is 17.6 Å². The Labute approximate surface area is 140 Å². The maximum Gasteiger partial charge on any atom is 0.255 e. The third kappa shape index (κ3) is 3.31. The Morgan fingerprint density at radius 2 is 1.96 bits per heavy atom. The molecule has 1 aliphatic rings. The molecule has 0 saturated carbocycles. The quantitative estimate of drug-likeness (QED) is 0.835. The molecular weight excluding hydrogens is 331 g/mol. The van der Waals surface area contributed by atoms with Gasteiger partial charge in [-0.25, -0.2) is 12.8 Å². The van der Waals surface area contributed by atoms with Gasteiger partial charge in [-0.15, -0.1) is 0 Å². The largest absolute Gasteiger partial charge is 0.338 e. The van der Waals surface area contributed by atoms with E-state index in [2.05, 4.69) is 4.98 Å². The fourth-order valence-corrected chi connectivity index (χ4v) is 4.71. The summed E-state index contributed by atoms with van der Waals surface area (Å²) in [5.74, 6) is -0.969. The van der Waals surface area contributed by atoms with Crippen LogP contribution in [-0.4, -0.2) is 43.1 Å². The number of hydrogen-bond acceptors (Lipinski definition) is 4. The minimum Gasteiger partial charge on any atom is -0.338 e. The molecule has 1 atom stereocenters. The van der Waals surface area contributed by atoms with Gasteiger partial charge in [-0.2, -0.15) is 0 Å². The summed E-state index contributed by atoms with van der Waals surface area (Å²) < 4.78 is 39.1. The number of amides is 1. The Morgan fingerprint density at radius 1 is 1.17 bits per heavy atom. The molecule has 0 bridgehead atoms. The van der Waals surface area contributed by atoms with Gasteiger partial charge in [0, 0.05) is 31.0 Å². The maximum absolute atomic E-state index is 14.0. The van der Waals surface area contributed by atoms with Crippen LogP contribution >= 0.6 is 0 Å². The molecule has 2 heterocycles. The van der Waals surface area contributed by atoms with Gasteiger partial charge < -0.3 is 4.90 Å². The predicted octanol–water partition coefficient (Wildman–Crippen LogP) is 2.22. The van der Waals surface area contributed by atoms with Crippen LogP contribution < -0.4 is 0 Å². The predicted molar refractivity (Wildman–Crippen MR) is 87.7 cm³/mol. The summed E-state index contributed by atoms with van der Waals surface area (Å²) in [6.45, 7) is 0.354. The Kier molecular flexibility index (Phi) is 4.62. The van der Waals surface area contributed by atoms with Crippen molar-refractivity contribution in [2.45, 2.75) is 11.7 Å². The lowest BCUT2D eigenvalue weighted by molar-refractivity contribution is 0.0766. The van der Waals surface area contributed by atoms with Crippen molar-refractivity contribution in [3.63, 3.8) is 0 Å². The third-order valence-electron chi connectivity index (χ3n) is 4.19. The topological polar surface area (TPSA) is 67.3 Å². The number of carbonyl (C=O) groups excluding carboxylic acids is 1. The number of hydrogen-bond donors (Lipinski definition) is 0. The molecule has 0 unspecified atom stereocenters. The second-order valence-corrected chi connectivity index (χ2v) is 8.00. The van der Waals surface area contributed by atoms with Crippen molar-refractivity contribution in [2.75, 3.05) is 18.8 Å². The van der Waals surface area contributed by atoms with E-state index < -0.39 is 20.9 Å². The van der Waals surface area contributed by atoms with Gasteiger partial charge in [-0.05, 0) is 24.6 Å². The lowest BCUT2D eigenvalue weighted by Crippen LogP contribution is -2.33. The summed E-state index contributed by atoms with van der Waals surface area (Å²) >= 11 is 0. The van der Waals surface area contributed by atoms with E-state index in [0.29, 0.717) is 5.56 Å². The van der Waals surface area contributed by atoms with Gasteiger partial charge in [0.2, 0.25) is 0 Å². The molecule has 3 rings (SSSR count). The lowest BCUT2D eigenvalue weighted by atomic mass is 10.1. The van der Waals surface area contributed by atoms with E-state index >= 15 is 0 Å². The summed E-state index contributed by atoms with van der Waals surface area (Å²) in [6.07, 6.45) is 3.20. The van der Waals surface area contributed by atoms with Gasteiger partial charge in [0.15, 0.2) is 9.84 Å². The smallest absolute Gasteiger partial charge is 0.255 e. The van der Waals surface area contributed by atoms with E-state index in [9.17, 15) is 17.6 Å². The number of carbonyl (C=O) groups is 1. The molecule has 24 heavy (non-hydrogen) atoms. The number of pyridine rings is 1. The van der Waals surface area contributed by atoms with Crippen molar-refractivity contribution in [3.05, 3.63) is 65.7 Å². The minimum atomic E-state index is -3.53. The Bertz CT molecular complexity index is 840. The maximum atomic E-state index is 14.0. The van der Waals surface area contributed by atoms with Crippen molar-refractivity contribution in [1.29, 1.82) is 0 Å². The number of benzene rings is 1. The number of rotatable bonds is 2. The van der Waals surface area contributed by atoms with Crippen LogP contribution in [-0.2, 0) is 9.84 Å². The van der Waals surface area contributed by atoms with Gasteiger partial charge in [0.25, 0.3) is 5.91 Å². The zero-order valence-corrected chi connectivity index (χ0v) is 13.7. The third-order valence-corrected chi connectivity index (χ3v) is 6.30. The molecule has 1 fully saturated rings. The molecule has 1 aromatic heterocycles. The van der Waals surface area contributed by atoms with E-state index in [1.165, 1.54) is 29.3 Å². The van der Waals surface area contributed by atoms with Crippen molar-refractivity contribution in [3.8, 4) is 0 Å². The van der Waals surface area contributed by atoms with Crippen LogP contribution in [0.2, 0.25) is 0 Å². The standard InChI is InChI=1S/C17H17FN2O3S/c18-15-6-2-1-5-14(15)16-7-9-20(10-11-24(16,22)23)17(21)13-4-3-8-19-12-13/h1-6,8,12,16H,7,9-11H2/t16-/m1/s1. The number of sulfone groups is 1. The Balaban J connectivity index is 1.85. The van der Waals surface area contributed by atoms with Gasteiger partial charge in [-0.1, -0.05) is 18.2 Å².